The largest absolute Gasteiger partial charge is 0.488 e. The summed E-state index contributed by atoms with van der Waals surface area (Å²) >= 11 is 13.1. The highest BCUT2D eigenvalue weighted by molar-refractivity contribution is 9.10. The van der Waals surface area contributed by atoms with Crippen molar-refractivity contribution in [2.75, 3.05) is 0 Å². The molecule has 2 rings (SSSR count). The van der Waals surface area contributed by atoms with E-state index >= 15 is 0 Å². The fourth-order valence-electron chi connectivity index (χ4n) is 1.73. The van der Waals surface area contributed by atoms with Gasteiger partial charge in [0.2, 0.25) is 0 Å². The van der Waals surface area contributed by atoms with Crippen LogP contribution in [-0.4, -0.2) is 9.78 Å². The highest BCUT2D eigenvalue weighted by Crippen LogP contribution is 2.29. The van der Waals surface area contributed by atoms with Gasteiger partial charge in [-0.25, -0.2) is 0 Å². The molecule has 1 aromatic heterocycles. The normalized spacial score (nSPS) is 10.8. The molecule has 0 N–H and O–H groups in total. The van der Waals surface area contributed by atoms with E-state index in [4.69, 9.17) is 16.3 Å². The molecule has 3 nitrogen and oxygen atoms in total. The molecule has 0 spiro atoms. The first kappa shape index (κ1) is 14.9. The lowest BCUT2D eigenvalue weighted by molar-refractivity contribution is 0.303. The van der Waals surface area contributed by atoms with Crippen molar-refractivity contribution in [3.05, 3.63) is 44.6 Å². The van der Waals surface area contributed by atoms with E-state index in [-0.39, 0.29) is 0 Å². The molecule has 0 bridgehead atoms. The molecule has 0 saturated carbocycles. The summed E-state index contributed by atoms with van der Waals surface area (Å²) in [5, 5.41) is 5.69. The zero-order valence-electron chi connectivity index (χ0n) is 10.6. The maximum atomic E-state index is 6.17. The number of halogens is 3. The van der Waals surface area contributed by atoms with Crippen LogP contribution >= 0.6 is 43.5 Å². The molecule has 2 aromatic rings. The van der Waals surface area contributed by atoms with Gasteiger partial charge in [0.1, 0.15) is 17.5 Å². The van der Waals surface area contributed by atoms with E-state index in [0.29, 0.717) is 11.8 Å². The Morgan fingerprint density at radius 2 is 2.16 bits per heavy atom. The van der Waals surface area contributed by atoms with Crippen LogP contribution in [0.3, 0.4) is 0 Å². The number of nitrogens with zero attached hydrogens (tertiary/aromatic N) is 2. The van der Waals surface area contributed by atoms with E-state index in [9.17, 15) is 0 Å². The topological polar surface area (TPSA) is 27.1 Å². The molecule has 6 heteroatoms. The molecule has 0 fully saturated rings. The Labute approximate surface area is 134 Å². The van der Waals surface area contributed by atoms with Crippen LogP contribution in [0, 0.1) is 6.92 Å². The minimum Gasteiger partial charge on any atom is -0.488 e. The Balaban J connectivity index is 2.14. The Bertz CT molecular complexity index is 599. The van der Waals surface area contributed by atoms with Crippen molar-refractivity contribution < 1.29 is 4.74 Å². The minimum atomic E-state index is 0.408. The highest BCUT2D eigenvalue weighted by atomic mass is 79.9. The van der Waals surface area contributed by atoms with Crippen LogP contribution in [0.25, 0.3) is 0 Å². The number of aromatic nitrogens is 2. The van der Waals surface area contributed by atoms with Crippen molar-refractivity contribution in [1.29, 1.82) is 0 Å². The van der Waals surface area contributed by atoms with Crippen molar-refractivity contribution in [3.63, 3.8) is 0 Å². The van der Waals surface area contributed by atoms with Gasteiger partial charge in [-0.2, -0.15) is 5.10 Å². The van der Waals surface area contributed by atoms with Crippen molar-refractivity contribution in [1.82, 2.24) is 9.78 Å². The molecule has 0 aliphatic heterocycles. The molecule has 19 heavy (non-hydrogen) atoms. The van der Waals surface area contributed by atoms with Crippen molar-refractivity contribution in [3.8, 4) is 5.75 Å². The fourth-order valence-corrected chi connectivity index (χ4v) is 2.85. The minimum absolute atomic E-state index is 0.408. The number of aryl methyl sites for hydroxylation is 2. The van der Waals surface area contributed by atoms with Gasteiger partial charge in [0.05, 0.1) is 10.2 Å². The Morgan fingerprint density at radius 1 is 1.42 bits per heavy atom. The molecule has 0 aliphatic carbocycles. The first-order valence-corrected chi connectivity index (χ1v) is 7.97. The quantitative estimate of drug-likeness (QED) is 0.691. The average molecular weight is 409 g/mol. The summed E-state index contributed by atoms with van der Waals surface area (Å²) < 4.78 is 8.38. The molecule has 102 valence electrons. The van der Waals surface area contributed by atoms with E-state index in [2.05, 4.69) is 37.0 Å². The summed E-state index contributed by atoms with van der Waals surface area (Å²) in [6, 6.07) is 5.99. The van der Waals surface area contributed by atoms with Gasteiger partial charge in [-0.15, -0.1) is 0 Å². The zero-order chi connectivity index (χ0) is 14.0. The van der Waals surface area contributed by atoms with Gasteiger partial charge in [-0.1, -0.05) is 33.6 Å². The Hall–Kier alpha value is -0.520. The molecule has 0 unspecified atom stereocenters. The molecule has 1 aromatic carbocycles. The molecular weight excluding hydrogens is 395 g/mol. The lowest BCUT2D eigenvalue weighted by atomic mass is 10.2. The lowest BCUT2D eigenvalue weighted by Gasteiger charge is -2.09. The second-order valence-corrected chi connectivity index (χ2v) is 5.94. The third kappa shape index (κ3) is 3.33. The predicted molar refractivity (Wildman–Crippen MR) is 84.1 cm³/mol. The van der Waals surface area contributed by atoms with Gasteiger partial charge >= 0.3 is 0 Å². The van der Waals surface area contributed by atoms with Crippen LogP contribution in [0.1, 0.15) is 16.8 Å². The third-order valence-electron chi connectivity index (χ3n) is 2.79. The SMILES string of the molecule is Cc1nn(C)c(Cl)c1COc1ccc(CBr)cc1Br. The van der Waals surface area contributed by atoms with Crippen molar-refractivity contribution >= 4 is 43.5 Å². The molecule has 0 aliphatic rings. The van der Waals surface area contributed by atoms with Gasteiger partial charge in [0.25, 0.3) is 0 Å². The van der Waals surface area contributed by atoms with Crippen LogP contribution in [0.15, 0.2) is 22.7 Å². The van der Waals surface area contributed by atoms with Crippen LogP contribution in [0.4, 0.5) is 0 Å². The molecular formula is C13H13Br2ClN2O. The summed E-state index contributed by atoms with van der Waals surface area (Å²) in [7, 11) is 1.82. The van der Waals surface area contributed by atoms with Gasteiger partial charge in [-0.3, -0.25) is 4.68 Å². The maximum absolute atomic E-state index is 6.17. The lowest BCUT2D eigenvalue weighted by Crippen LogP contribution is -1.98. The third-order valence-corrected chi connectivity index (χ3v) is 4.53. The van der Waals surface area contributed by atoms with E-state index < -0.39 is 0 Å². The second kappa shape index (κ2) is 6.29. The summed E-state index contributed by atoms with van der Waals surface area (Å²) in [5.74, 6) is 0.795. The Morgan fingerprint density at radius 3 is 2.68 bits per heavy atom. The fraction of sp³-hybridized carbons (Fsp3) is 0.308. The van der Waals surface area contributed by atoms with Gasteiger partial charge in [0.15, 0.2) is 0 Å². The molecule has 0 atom stereocenters. The van der Waals surface area contributed by atoms with Gasteiger partial charge in [0, 0.05) is 17.9 Å². The van der Waals surface area contributed by atoms with E-state index in [0.717, 1.165) is 26.8 Å². The first-order chi connectivity index (χ1) is 9.02. The van der Waals surface area contributed by atoms with E-state index in [1.165, 1.54) is 5.56 Å². The molecule has 0 saturated heterocycles. The molecule has 0 amide bonds. The predicted octanol–water partition coefficient (Wildman–Crippen LogP) is 4.62. The summed E-state index contributed by atoms with van der Waals surface area (Å²) in [6.45, 7) is 2.33. The van der Waals surface area contributed by atoms with E-state index in [1.807, 2.05) is 32.2 Å². The zero-order valence-corrected chi connectivity index (χ0v) is 14.5. The number of alkyl halides is 1. The van der Waals surface area contributed by atoms with Crippen LogP contribution in [-0.2, 0) is 19.0 Å². The Kier molecular flexibility index (Phi) is 4.92. The second-order valence-electron chi connectivity index (χ2n) is 4.17. The highest BCUT2D eigenvalue weighted by Gasteiger charge is 2.12. The number of rotatable bonds is 4. The summed E-state index contributed by atoms with van der Waals surface area (Å²) in [5.41, 5.74) is 3.00. The van der Waals surface area contributed by atoms with Crippen LogP contribution < -0.4 is 4.74 Å². The number of hydrogen-bond acceptors (Lipinski definition) is 2. The summed E-state index contributed by atoms with van der Waals surface area (Å²) in [4.78, 5) is 0. The van der Waals surface area contributed by atoms with Crippen LogP contribution in [0.2, 0.25) is 5.15 Å². The number of ether oxygens (including phenoxy) is 1. The van der Waals surface area contributed by atoms with E-state index in [1.54, 1.807) is 4.68 Å². The van der Waals surface area contributed by atoms with Crippen molar-refractivity contribution in [2.24, 2.45) is 7.05 Å². The molecule has 1 heterocycles. The number of hydrogen-bond donors (Lipinski definition) is 0. The van der Waals surface area contributed by atoms with Gasteiger partial charge < -0.3 is 4.74 Å². The van der Waals surface area contributed by atoms with Gasteiger partial charge in [-0.05, 0) is 40.5 Å². The maximum Gasteiger partial charge on any atom is 0.134 e. The number of benzene rings is 1. The molecule has 0 radical (unpaired) electrons. The first-order valence-electron chi connectivity index (χ1n) is 5.68. The standard InChI is InChI=1S/C13H13Br2ClN2O/c1-8-10(13(16)18(2)17-8)7-19-12-4-3-9(6-14)5-11(12)15/h3-5H,6-7H2,1-2H3. The monoisotopic (exact) mass is 406 g/mol. The van der Waals surface area contributed by atoms with Crippen molar-refractivity contribution in [2.45, 2.75) is 18.9 Å². The summed E-state index contributed by atoms with van der Waals surface area (Å²) in [6.07, 6.45) is 0. The van der Waals surface area contributed by atoms with Crippen LogP contribution in [0.5, 0.6) is 5.75 Å². The smallest absolute Gasteiger partial charge is 0.134 e. The average Bonchev–Trinajstić information content (AvgIpc) is 2.62.